The Morgan fingerprint density at radius 2 is 1.97 bits per heavy atom. The van der Waals surface area contributed by atoms with Crippen molar-refractivity contribution >= 4 is 23.6 Å². The molecule has 1 amide bonds. The van der Waals surface area contributed by atoms with Gasteiger partial charge >= 0.3 is 5.97 Å². The van der Waals surface area contributed by atoms with Crippen LogP contribution in [-0.4, -0.2) is 38.8 Å². The molecule has 0 bridgehead atoms. The van der Waals surface area contributed by atoms with Crippen LogP contribution in [0.15, 0.2) is 48.0 Å². The predicted octanol–water partition coefficient (Wildman–Crippen LogP) is 2.56. The highest BCUT2D eigenvalue weighted by Gasteiger charge is 2.15. The number of ether oxygens (including phenoxy) is 4. The van der Waals surface area contributed by atoms with Crippen molar-refractivity contribution in [1.82, 2.24) is 0 Å². The summed E-state index contributed by atoms with van der Waals surface area (Å²) in [5, 5.41) is 11.8. The quantitative estimate of drug-likeness (QED) is 0.456. The summed E-state index contributed by atoms with van der Waals surface area (Å²) in [6, 6.07) is 13.6. The summed E-state index contributed by atoms with van der Waals surface area (Å²) in [5.41, 5.74) is 0.840. The van der Waals surface area contributed by atoms with Crippen molar-refractivity contribution in [3.63, 3.8) is 0 Å². The number of carbonyl (C=O) groups is 2. The zero-order valence-corrected chi connectivity index (χ0v) is 15.6. The predicted molar refractivity (Wildman–Crippen MR) is 104 cm³/mol. The molecule has 1 aliphatic rings. The number of methoxy groups -OCH3 is 1. The largest absolute Gasteiger partial charge is 0.497 e. The minimum atomic E-state index is -0.896. The zero-order valence-electron chi connectivity index (χ0n) is 15.6. The second-order valence-corrected chi connectivity index (χ2v) is 5.93. The van der Waals surface area contributed by atoms with Gasteiger partial charge in [0.25, 0.3) is 5.91 Å². The zero-order chi connectivity index (χ0) is 20.6. The Morgan fingerprint density at radius 3 is 2.72 bits per heavy atom. The Kier molecular flexibility index (Phi) is 6.32. The van der Waals surface area contributed by atoms with E-state index < -0.39 is 18.5 Å². The van der Waals surface area contributed by atoms with Gasteiger partial charge in [-0.3, -0.25) is 4.79 Å². The third kappa shape index (κ3) is 5.26. The minimum absolute atomic E-state index is 0.231. The average Bonchev–Trinajstić information content (AvgIpc) is 2.76. The van der Waals surface area contributed by atoms with E-state index in [0.717, 1.165) is 0 Å². The standard InChI is InChI=1S/C21H18N2O6/c1-26-17-4-2-3-14(10-17)9-15(12-22)21(25)29-13-20(24)23-16-5-6-18-19(11-16)28-8-7-27-18/h2-6,9-11H,7-8,13H2,1H3,(H,23,24)/b15-9+. The maximum Gasteiger partial charge on any atom is 0.349 e. The summed E-state index contributed by atoms with van der Waals surface area (Å²) in [6.45, 7) is 0.363. The van der Waals surface area contributed by atoms with Gasteiger partial charge in [0.2, 0.25) is 0 Å². The fourth-order valence-corrected chi connectivity index (χ4v) is 2.56. The SMILES string of the molecule is COc1cccc(/C=C(\C#N)C(=O)OCC(=O)Nc2ccc3c(c2)OCCO3)c1. The van der Waals surface area contributed by atoms with Crippen molar-refractivity contribution in [2.75, 3.05) is 32.2 Å². The van der Waals surface area contributed by atoms with Gasteiger partial charge in [0.05, 0.1) is 7.11 Å². The molecule has 1 aliphatic heterocycles. The first kappa shape index (κ1) is 19.8. The summed E-state index contributed by atoms with van der Waals surface area (Å²) >= 11 is 0. The maximum absolute atomic E-state index is 12.1. The van der Waals surface area contributed by atoms with Crippen LogP contribution in [0.4, 0.5) is 5.69 Å². The molecule has 0 aromatic heterocycles. The van der Waals surface area contributed by atoms with Crippen LogP contribution in [0.5, 0.6) is 17.2 Å². The van der Waals surface area contributed by atoms with Crippen LogP contribution in [0, 0.1) is 11.3 Å². The molecule has 0 saturated carbocycles. The fraction of sp³-hybridized carbons (Fsp3) is 0.190. The lowest BCUT2D eigenvalue weighted by molar-refractivity contribution is -0.142. The topological polar surface area (TPSA) is 107 Å². The number of hydrogen-bond donors (Lipinski definition) is 1. The number of esters is 1. The molecule has 0 atom stereocenters. The van der Waals surface area contributed by atoms with Crippen molar-refractivity contribution < 1.29 is 28.5 Å². The van der Waals surface area contributed by atoms with Gasteiger partial charge in [-0.25, -0.2) is 4.79 Å². The van der Waals surface area contributed by atoms with Crippen LogP contribution in [0.3, 0.4) is 0 Å². The van der Waals surface area contributed by atoms with E-state index in [4.69, 9.17) is 18.9 Å². The number of anilines is 1. The van der Waals surface area contributed by atoms with Gasteiger partial charge < -0.3 is 24.3 Å². The summed E-state index contributed by atoms with van der Waals surface area (Å²) in [6.07, 6.45) is 1.36. The maximum atomic E-state index is 12.1. The van der Waals surface area contributed by atoms with Gasteiger partial charge in [0.1, 0.15) is 30.6 Å². The lowest BCUT2D eigenvalue weighted by atomic mass is 10.1. The van der Waals surface area contributed by atoms with Crippen LogP contribution in [0.25, 0.3) is 6.08 Å². The van der Waals surface area contributed by atoms with E-state index >= 15 is 0 Å². The Balaban J connectivity index is 1.58. The first-order valence-electron chi connectivity index (χ1n) is 8.71. The summed E-state index contributed by atoms with van der Waals surface area (Å²) in [5.74, 6) is 0.269. The van der Waals surface area contributed by atoms with Crippen LogP contribution < -0.4 is 19.5 Å². The van der Waals surface area contributed by atoms with Crippen molar-refractivity contribution in [3.8, 4) is 23.3 Å². The van der Waals surface area contributed by atoms with Crippen LogP contribution in [0.1, 0.15) is 5.56 Å². The molecule has 2 aromatic rings. The normalized spacial score (nSPS) is 12.5. The highest BCUT2D eigenvalue weighted by atomic mass is 16.6. The third-order valence-electron chi connectivity index (χ3n) is 3.91. The average molecular weight is 394 g/mol. The van der Waals surface area contributed by atoms with Gasteiger partial charge in [0, 0.05) is 11.8 Å². The van der Waals surface area contributed by atoms with Crippen molar-refractivity contribution in [2.45, 2.75) is 0 Å². The molecular weight excluding hydrogens is 376 g/mol. The number of fused-ring (bicyclic) bond motifs is 1. The molecule has 2 aromatic carbocycles. The number of hydrogen-bond acceptors (Lipinski definition) is 7. The van der Waals surface area contributed by atoms with Gasteiger partial charge in [0.15, 0.2) is 18.1 Å². The molecular formula is C21H18N2O6. The molecule has 0 fully saturated rings. The van der Waals surface area contributed by atoms with E-state index in [9.17, 15) is 14.9 Å². The molecule has 0 aliphatic carbocycles. The highest BCUT2D eigenvalue weighted by molar-refractivity contribution is 6.00. The van der Waals surface area contributed by atoms with Crippen LogP contribution >= 0.6 is 0 Å². The number of carbonyl (C=O) groups excluding carboxylic acids is 2. The summed E-state index contributed by atoms with van der Waals surface area (Å²) in [4.78, 5) is 24.2. The first-order chi connectivity index (χ1) is 14.1. The van der Waals surface area contributed by atoms with Crippen molar-refractivity contribution in [1.29, 1.82) is 5.26 Å². The van der Waals surface area contributed by atoms with E-state index in [0.29, 0.717) is 41.7 Å². The number of nitrogens with zero attached hydrogens (tertiary/aromatic N) is 1. The third-order valence-corrected chi connectivity index (χ3v) is 3.91. The lowest BCUT2D eigenvalue weighted by Gasteiger charge is -2.19. The number of nitrogens with one attached hydrogen (secondary N) is 1. The first-order valence-corrected chi connectivity index (χ1v) is 8.71. The van der Waals surface area contributed by atoms with Gasteiger partial charge in [-0.15, -0.1) is 0 Å². The second-order valence-electron chi connectivity index (χ2n) is 5.93. The molecule has 1 N–H and O–H groups in total. The smallest absolute Gasteiger partial charge is 0.349 e. The van der Waals surface area contributed by atoms with E-state index in [1.165, 1.54) is 13.2 Å². The van der Waals surface area contributed by atoms with Gasteiger partial charge in [-0.2, -0.15) is 5.26 Å². The molecule has 8 nitrogen and oxygen atoms in total. The van der Waals surface area contributed by atoms with E-state index in [-0.39, 0.29) is 5.57 Å². The van der Waals surface area contributed by atoms with Crippen LogP contribution in [-0.2, 0) is 14.3 Å². The lowest BCUT2D eigenvalue weighted by Crippen LogP contribution is -2.21. The molecule has 1 heterocycles. The van der Waals surface area contributed by atoms with Gasteiger partial charge in [-0.1, -0.05) is 12.1 Å². The minimum Gasteiger partial charge on any atom is -0.497 e. The van der Waals surface area contributed by atoms with E-state index in [2.05, 4.69) is 5.32 Å². The second kappa shape index (κ2) is 9.28. The van der Waals surface area contributed by atoms with Gasteiger partial charge in [-0.05, 0) is 35.9 Å². The summed E-state index contributed by atoms with van der Waals surface area (Å²) in [7, 11) is 1.52. The Labute approximate surface area is 167 Å². The van der Waals surface area contributed by atoms with Crippen LogP contribution in [0.2, 0.25) is 0 Å². The molecule has 3 rings (SSSR count). The number of nitriles is 1. The highest BCUT2D eigenvalue weighted by Crippen LogP contribution is 2.32. The summed E-state index contributed by atoms with van der Waals surface area (Å²) < 4.78 is 20.9. The molecule has 0 saturated heterocycles. The molecule has 0 spiro atoms. The number of benzene rings is 2. The van der Waals surface area contributed by atoms with E-state index in [1.54, 1.807) is 48.5 Å². The molecule has 0 radical (unpaired) electrons. The Morgan fingerprint density at radius 1 is 1.17 bits per heavy atom. The Bertz CT molecular complexity index is 993. The van der Waals surface area contributed by atoms with Crippen molar-refractivity contribution in [2.24, 2.45) is 0 Å². The molecule has 148 valence electrons. The van der Waals surface area contributed by atoms with Crippen molar-refractivity contribution in [3.05, 3.63) is 53.6 Å². The fourth-order valence-electron chi connectivity index (χ4n) is 2.56. The van der Waals surface area contributed by atoms with E-state index in [1.807, 2.05) is 0 Å². The number of amides is 1. The molecule has 0 unspecified atom stereocenters. The number of rotatable bonds is 6. The Hall–Kier alpha value is -3.99. The monoisotopic (exact) mass is 394 g/mol. The molecule has 8 heteroatoms. The molecule has 29 heavy (non-hydrogen) atoms.